The number of nitrogens with one attached hydrogen (secondary N) is 1. The highest BCUT2D eigenvalue weighted by atomic mass is 79.9. The van der Waals surface area contributed by atoms with E-state index < -0.39 is 15.9 Å². The monoisotopic (exact) mass is 568 g/mol. The number of fused-ring (bicyclic) bond motifs is 1. The maximum atomic E-state index is 13.4. The van der Waals surface area contributed by atoms with Crippen LogP contribution in [0.25, 0.3) is 11.0 Å². The van der Waals surface area contributed by atoms with Gasteiger partial charge in [-0.2, -0.15) is 4.31 Å². The number of hydrogen-bond acceptors (Lipinski definition) is 6. The van der Waals surface area contributed by atoms with Crippen LogP contribution in [0.2, 0.25) is 0 Å². The summed E-state index contributed by atoms with van der Waals surface area (Å²) in [7, 11) is -3.90. The molecule has 0 aliphatic rings. The summed E-state index contributed by atoms with van der Waals surface area (Å²) in [6, 6.07) is 18.3. The molecule has 1 N–H and O–H groups in total. The molecule has 0 spiro atoms. The maximum absolute atomic E-state index is 13.4. The first-order valence-electron chi connectivity index (χ1n) is 11.0. The van der Waals surface area contributed by atoms with Crippen molar-refractivity contribution in [1.29, 1.82) is 0 Å². The van der Waals surface area contributed by atoms with Crippen molar-refractivity contribution >= 4 is 48.5 Å². The number of nitrogens with zero attached hydrogens (tertiary/aromatic N) is 1. The summed E-state index contributed by atoms with van der Waals surface area (Å²) in [5.74, 6) is 0.778. The molecule has 0 aliphatic heterocycles. The molecule has 0 saturated heterocycles. The number of halogens is 1. The highest BCUT2D eigenvalue weighted by molar-refractivity contribution is 9.10. The molecule has 36 heavy (non-hydrogen) atoms. The van der Waals surface area contributed by atoms with Gasteiger partial charge in [0.25, 0.3) is 5.91 Å². The van der Waals surface area contributed by atoms with Gasteiger partial charge < -0.3 is 18.6 Å². The van der Waals surface area contributed by atoms with Gasteiger partial charge in [-0.15, -0.1) is 0 Å². The van der Waals surface area contributed by atoms with Crippen molar-refractivity contribution in [1.82, 2.24) is 4.31 Å². The molecule has 2 aromatic carbocycles. The van der Waals surface area contributed by atoms with E-state index in [2.05, 4.69) is 21.2 Å². The minimum Gasteiger partial charge on any atom is -0.468 e. The lowest BCUT2D eigenvalue weighted by Crippen LogP contribution is -2.30. The zero-order valence-corrected chi connectivity index (χ0v) is 21.5. The molecule has 3 aromatic heterocycles. The van der Waals surface area contributed by atoms with Gasteiger partial charge in [-0.1, -0.05) is 15.9 Å². The zero-order chi connectivity index (χ0) is 25.3. The first-order chi connectivity index (χ1) is 17.3. The number of rotatable bonds is 8. The minimum absolute atomic E-state index is 0.0377. The normalized spacial score (nSPS) is 11.9. The quantitative estimate of drug-likeness (QED) is 0.234. The van der Waals surface area contributed by atoms with Crippen molar-refractivity contribution in [2.45, 2.75) is 24.9 Å². The summed E-state index contributed by atoms with van der Waals surface area (Å²) in [6.45, 7) is 1.89. The Labute approximate surface area is 215 Å². The van der Waals surface area contributed by atoms with E-state index in [0.717, 1.165) is 15.4 Å². The van der Waals surface area contributed by atoms with Gasteiger partial charge in [0.15, 0.2) is 5.76 Å². The van der Waals surface area contributed by atoms with Gasteiger partial charge in [-0.25, -0.2) is 8.42 Å². The van der Waals surface area contributed by atoms with E-state index in [9.17, 15) is 13.2 Å². The molecule has 184 valence electrons. The van der Waals surface area contributed by atoms with Crippen LogP contribution in [0.15, 0.2) is 102 Å². The van der Waals surface area contributed by atoms with Crippen molar-refractivity contribution in [2.75, 3.05) is 5.32 Å². The Morgan fingerprint density at radius 3 is 2.17 bits per heavy atom. The van der Waals surface area contributed by atoms with Gasteiger partial charge in [0.1, 0.15) is 17.1 Å². The number of amides is 1. The smallest absolute Gasteiger partial charge is 0.291 e. The van der Waals surface area contributed by atoms with Crippen LogP contribution >= 0.6 is 15.9 Å². The molecule has 0 bridgehead atoms. The van der Waals surface area contributed by atoms with Crippen molar-refractivity contribution in [3.63, 3.8) is 0 Å². The van der Waals surface area contributed by atoms with Gasteiger partial charge in [0.05, 0.1) is 30.5 Å². The fourth-order valence-electron chi connectivity index (χ4n) is 3.84. The van der Waals surface area contributed by atoms with E-state index in [1.54, 1.807) is 30.3 Å². The van der Waals surface area contributed by atoms with Crippen LogP contribution in [0.4, 0.5) is 5.69 Å². The van der Waals surface area contributed by atoms with Crippen LogP contribution in [0.3, 0.4) is 0 Å². The molecular weight excluding hydrogens is 548 g/mol. The van der Waals surface area contributed by atoms with Crippen molar-refractivity contribution in [2.24, 2.45) is 0 Å². The average molecular weight is 569 g/mol. The summed E-state index contributed by atoms with van der Waals surface area (Å²) >= 11 is 3.43. The highest BCUT2D eigenvalue weighted by Gasteiger charge is 2.27. The summed E-state index contributed by atoms with van der Waals surface area (Å²) < 4.78 is 45.5. The fraction of sp³-hybridized carbons (Fsp3) is 0.115. The molecule has 0 radical (unpaired) electrons. The average Bonchev–Trinajstić information content (AvgIpc) is 3.62. The SMILES string of the molecule is Cc1c(C(=O)Nc2ccc(S(=O)(=O)N(Cc3ccco3)Cc3ccco3)cc2)oc2ccc(Br)cc12. The van der Waals surface area contributed by atoms with E-state index >= 15 is 0 Å². The van der Waals surface area contributed by atoms with Crippen LogP contribution in [0.5, 0.6) is 0 Å². The van der Waals surface area contributed by atoms with Crippen LogP contribution in [0.1, 0.15) is 27.6 Å². The first-order valence-corrected chi connectivity index (χ1v) is 13.2. The van der Waals surface area contributed by atoms with E-state index in [0.29, 0.717) is 22.8 Å². The largest absolute Gasteiger partial charge is 0.468 e. The Kier molecular flexibility index (Phi) is 6.57. The summed E-state index contributed by atoms with van der Waals surface area (Å²) in [5, 5.41) is 3.61. The molecule has 0 atom stereocenters. The molecule has 3 heterocycles. The first kappa shape index (κ1) is 24.1. The molecule has 0 aliphatic carbocycles. The summed E-state index contributed by atoms with van der Waals surface area (Å²) in [5.41, 5.74) is 1.76. The number of carbonyl (C=O) groups excluding carboxylic acids is 1. The van der Waals surface area contributed by atoms with Gasteiger partial charge in [0.2, 0.25) is 10.0 Å². The molecule has 5 rings (SSSR count). The third-order valence-corrected chi connectivity index (χ3v) is 7.98. The molecule has 8 nitrogen and oxygen atoms in total. The van der Waals surface area contributed by atoms with Gasteiger partial charge in [-0.05, 0) is 73.7 Å². The zero-order valence-electron chi connectivity index (χ0n) is 19.1. The minimum atomic E-state index is -3.90. The van der Waals surface area contributed by atoms with Crippen molar-refractivity contribution < 1.29 is 26.5 Å². The number of aryl methyl sites for hydroxylation is 1. The second kappa shape index (κ2) is 9.81. The fourth-order valence-corrected chi connectivity index (χ4v) is 5.57. The van der Waals surface area contributed by atoms with E-state index in [4.69, 9.17) is 13.3 Å². The Bertz CT molecular complexity index is 1570. The third-order valence-electron chi connectivity index (χ3n) is 5.68. The standard InChI is InChI=1S/C26H21BrN2O6S/c1-17-23-14-18(27)6-11-24(23)35-25(17)26(30)28-19-7-9-22(10-8-19)36(31,32)29(15-20-4-2-12-33-20)16-21-5-3-13-34-21/h2-14H,15-16H2,1H3,(H,28,30). The number of furan rings is 3. The number of anilines is 1. The van der Waals surface area contributed by atoms with Gasteiger partial charge in [0, 0.05) is 21.1 Å². The molecule has 0 unspecified atom stereocenters. The number of carbonyl (C=O) groups is 1. The lowest BCUT2D eigenvalue weighted by molar-refractivity contribution is 0.0998. The number of hydrogen-bond donors (Lipinski definition) is 1. The Morgan fingerprint density at radius 2 is 1.58 bits per heavy atom. The summed E-state index contributed by atoms with van der Waals surface area (Å²) in [6.07, 6.45) is 2.99. The van der Waals surface area contributed by atoms with Crippen molar-refractivity contribution in [3.8, 4) is 0 Å². The molecule has 10 heteroatoms. The highest BCUT2D eigenvalue weighted by Crippen LogP contribution is 2.29. The second-order valence-corrected chi connectivity index (χ2v) is 11.0. The van der Waals surface area contributed by atoms with Gasteiger partial charge in [-0.3, -0.25) is 4.79 Å². The van der Waals surface area contributed by atoms with E-state index in [1.165, 1.54) is 41.1 Å². The molecule has 5 aromatic rings. The Hall–Kier alpha value is -3.60. The van der Waals surface area contributed by atoms with Crippen LogP contribution in [0, 0.1) is 6.92 Å². The lowest BCUT2D eigenvalue weighted by Gasteiger charge is -2.20. The van der Waals surface area contributed by atoms with E-state index in [-0.39, 0.29) is 23.7 Å². The molecule has 0 saturated carbocycles. The topological polar surface area (TPSA) is 106 Å². The second-order valence-electron chi connectivity index (χ2n) is 8.11. The van der Waals surface area contributed by atoms with E-state index in [1.807, 2.05) is 19.1 Å². The molecule has 0 fully saturated rings. The number of benzene rings is 2. The maximum Gasteiger partial charge on any atom is 0.291 e. The predicted octanol–water partition coefficient (Wildman–Crippen LogP) is 6.33. The molecular formula is C26H21BrN2O6S. The third kappa shape index (κ3) is 4.88. The van der Waals surface area contributed by atoms with Crippen molar-refractivity contribution in [3.05, 3.63) is 107 Å². The van der Waals surface area contributed by atoms with Crippen LogP contribution < -0.4 is 5.32 Å². The van der Waals surface area contributed by atoms with Crippen LogP contribution in [-0.4, -0.2) is 18.6 Å². The van der Waals surface area contributed by atoms with Gasteiger partial charge >= 0.3 is 0 Å². The Balaban J connectivity index is 1.36. The van der Waals surface area contributed by atoms with Crippen LogP contribution in [-0.2, 0) is 23.1 Å². The summed E-state index contributed by atoms with van der Waals surface area (Å²) in [4.78, 5) is 12.9. The molecule has 1 amide bonds. The lowest BCUT2D eigenvalue weighted by atomic mass is 10.1. The Morgan fingerprint density at radius 1 is 0.944 bits per heavy atom. The predicted molar refractivity (Wildman–Crippen MR) is 137 cm³/mol. The number of sulfonamides is 1.